The normalized spacial score (nSPS) is 12.1. The lowest BCUT2D eigenvalue weighted by Gasteiger charge is -2.07. The second kappa shape index (κ2) is 5.19. The van der Waals surface area contributed by atoms with Gasteiger partial charge in [0.1, 0.15) is 0 Å². The summed E-state index contributed by atoms with van der Waals surface area (Å²) in [6.45, 7) is 5.88. The van der Waals surface area contributed by atoms with Gasteiger partial charge < -0.3 is 0 Å². The van der Waals surface area contributed by atoms with Crippen LogP contribution in [0.25, 0.3) is 0 Å². The lowest BCUT2D eigenvalue weighted by molar-refractivity contribution is 0.573. The molecule has 0 heterocycles. The summed E-state index contributed by atoms with van der Waals surface area (Å²) in [5.74, 6) is 0.569. The van der Waals surface area contributed by atoms with E-state index in [1.165, 1.54) is 6.07 Å². The second-order valence-electron chi connectivity index (χ2n) is 4.41. The fourth-order valence-corrected chi connectivity index (χ4v) is 3.11. The standard InChI is InChI=1S/C12H17ClO2S/c1-9(2)6-7-16(14,15)11-5-4-10(3)12(13)8-11/h4-5,8-9H,6-7H2,1-3H3. The Morgan fingerprint density at radius 1 is 1.31 bits per heavy atom. The summed E-state index contributed by atoms with van der Waals surface area (Å²) in [6, 6.07) is 4.90. The molecule has 1 rings (SSSR count). The summed E-state index contributed by atoms with van der Waals surface area (Å²) in [4.78, 5) is 0.323. The van der Waals surface area contributed by atoms with Crippen LogP contribution in [0.4, 0.5) is 0 Å². The highest BCUT2D eigenvalue weighted by atomic mass is 35.5. The summed E-state index contributed by atoms with van der Waals surface area (Å²) in [6.07, 6.45) is 0.674. The number of rotatable bonds is 4. The van der Waals surface area contributed by atoms with Crippen molar-refractivity contribution in [3.05, 3.63) is 28.8 Å². The predicted molar refractivity (Wildman–Crippen MR) is 67.7 cm³/mol. The van der Waals surface area contributed by atoms with Crippen molar-refractivity contribution in [2.24, 2.45) is 5.92 Å². The predicted octanol–water partition coefficient (Wildman–Crippen LogP) is 3.47. The van der Waals surface area contributed by atoms with Crippen LogP contribution in [-0.4, -0.2) is 14.2 Å². The lowest BCUT2D eigenvalue weighted by Crippen LogP contribution is -2.09. The first-order valence-electron chi connectivity index (χ1n) is 5.32. The Bertz CT molecular complexity index is 464. The summed E-state index contributed by atoms with van der Waals surface area (Å²) in [5.41, 5.74) is 0.893. The first kappa shape index (κ1) is 13.5. The van der Waals surface area contributed by atoms with E-state index in [9.17, 15) is 8.42 Å². The molecule has 0 saturated heterocycles. The van der Waals surface area contributed by atoms with Crippen molar-refractivity contribution in [1.29, 1.82) is 0 Å². The Morgan fingerprint density at radius 3 is 2.44 bits per heavy atom. The molecule has 0 aromatic heterocycles. The van der Waals surface area contributed by atoms with Gasteiger partial charge in [-0.1, -0.05) is 31.5 Å². The third-order valence-corrected chi connectivity index (χ3v) is 4.62. The number of benzene rings is 1. The number of halogens is 1. The number of hydrogen-bond acceptors (Lipinski definition) is 2. The van der Waals surface area contributed by atoms with Gasteiger partial charge in [0.05, 0.1) is 10.6 Å². The van der Waals surface area contributed by atoms with Crippen molar-refractivity contribution in [1.82, 2.24) is 0 Å². The van der Waals surface area contributed by atoms with Crippen molar-refractivity contribution in [3.63, 3.8) is 0 Å². The quantitative estimate of drug-likeness (QED) is 0.831. The molecule has 1 aromatic rings. The largest absolute Gasteiger partial charge is 0.224 e. The van der Waals surface area contributed by atoms with Crippen LogP contribution < -0.4 is 0 Å². The van der Waals surface area contributed by atoms with Crippen molar-refractivity contribution in [2.75, 3.05) is 5.75 Å². The molecule has 4 heteroatoms. The van der Waals surface area contributed by atoms with E-state index in [2.05, 4.69) is 0 Å². The summed E-state index contributed by atoms with van der Waals surface area (Å²) >= 11 is 5.92. The molecule has 0 amide bonds. The zero-order valence-corrected chi connectivity index (χ0v) is 11.4. The van der Waals surface area contributed by atoms with Gasteiger partial charge in [-0.15, -0.1) is 0 Å². The van der Waals surface area contributed by atoms with Gasteiger partial charge in [-0.2, -0.15) is 0 Å². The monoisotopic (exact) mass is 260 g/mol. The Hall–Kier alpha value is -0.540. The topological polar surface area (TPSA) is 34.1 Å². The van der Waals surface area contributed by atoms with Crippen LogP contribution in [-0.2, 0) is 9.84 Å². The average Bonchev–Trinajstić information content (AvgIpc) is 2.19. The molecule has 2 nitrogen and oxygen atoms in total. The third kappa shape index (κ3) is 3.49. The lowest BCUT2D eigenvalue weighted by atomic mass is 10.2. The van der Waals surface area contributed by atoms with Gasteiger partial charge >= 0.3 is 0 Å². The maximum atomic E-state index is 11.9. The van der Waals surface area contributed by atoms with Crippen LogP contribution in [0.5, 0.6) is 0 Å². The van der Waals surface area contributed by atoms with Crippen LogP contribution in [0.1, 0.15) is 25.8 Å². The fourth-order valence-electron chi connectivity index (χ4n) is 1.28. The van der Waals surface area contributed by atoms with E-state index in [0.717, 1.165) is 5.56 Å². The number of sulfone groups is 1. The van der Waals surface area contributed by atoms with Gasteiger partial charge in [-0.3, -0.25) is 0 Å². The molecule has 0 bridgehead atoms. The summed E-state index contributed by atoms with van der Waals surface area (Å²) in [7, 11) is -3.18. The van der Waals surface area contributed by atoms with Crippen LogP contribution in [0.2, 0.25) is 5.02 Å². The van der Waals surface area contributed by atoms with E-state index < -0.39 is 9.84 Å². The maximum absolute atomic E-state index is 11.9. The minimum atomic E-state index is -3.18. The molecule has 0 N–H and O–H groups in total. The molecule has 0 aliphatic rings. The molecule has 0 aliphatic heterocycles. The molecular formula is C12H17ClO2S. The Morgan fingerprint density at radius 2 is 1.94 bits per heavy atom. The van der Waals surface area contributed by atoms with Gasteiger partial charge in [0.2, 0.25) is 0 Å². The van der Waals surface area contributed by atoms with E-state index in [1.54, 1.807) is 12.1 Å². The van der Waals surface area contributed by atoms with Gasteiger partial charge in [0.15, 0.2) is 9.84 Å². The Labute approximate surface area is 103 Å². The summed E-state index contributed by atoms with van der Waals surface area (Å²) in [5, 5.41) is 0.505. The second-order valence-corrected chi connectivity index (χ2v) is 6.93. The molecule has 0 unspecified atom stereocenters. The van der Waals surface area contributed by atoms with Crippen LogP contribution in [0.15, 0.2) is 23.1 Å². The van der Waals surface area contributed by atoms with Gasteiger partial charge in [-0.25, -0.2) is 8.42 Å². The summed E-state index contributed by atoms with van der Waals surface area (Å²) < 4.78 is 23.9. The van der Waals surface area contributed by atoms with E-state index in [4.69, 9.17) is 11.6 Å². The molecule has 16 heavy (non-hydrogen) atoms. The van der Waals surface area contributed by atoms with Crippen molar-refractivity contribution < 1.29 is 8.42 Å². The highest BCUT2D eigenvalue weighted by molar-refractivity contribution is 7.91. The van der Waals surface area contributed by atoms with E-state index in [1.807, 2.05) is 20.8 Å². The first-order valence-corrected chi connectivity index (χ1v) is 7.35. The first-order chi connectivity index (χ1) is 7.33. The molecule has 0 atom stereocenters. The third-order valence-electron chi connectivity index (χ3n) is 2.47. The fraction of sp³-hybridized carbons (Fsp3) is 0.500. The minimum Gasteiger partial charge on any atom is -0.224 e. The Balaban J connectivity index is 2.94. The van der Waals surface area contributed by atoms with Gasteiger partial charge in [-0.05, 0) is 37.0 Å². The van der Waals surface area contributed by atoms with Gasteiger partial charge in [0.25, 0.3) is 0 Å². The molecule has 0 fully saturated rings. The van der Waals surface area contributed by atoms with E-state index in [-0.39, 0.29) is 5.75 Å². The van der Waals surface area contributed by atoms with Crippen LogP contribution in [0, 0.1) is 12.8 Å². The average molecular weight is 261 g/mol. The van der Waals surface area contributed by atoms with E-state index >= 15 is 0 Å². The SMILES string of the molecule is Cc1ccc(S(=O)(=O)CCC(C)C)cc1Cl. The number of aryl methyl sites for hydroxylation is 1. The van der Waals surface area contributed by atoms with Crippen molar-refractivity contribution >= 4 is 21.4 Å². The van der Waals surface area contributed by atoms with Crippen LogP contribution >= 0.6 is 11.6 Å². The maximum Gasteiger partial charge on any atom is 0.178 e. The molecule has 90 valence electrons. The minimum absolute atomic E-state index is 0.185. The molecule has 0 radical (unpaired) electrons. The molecular weight excluding hydrogens is 244 g/mol. The molecule has 0 spiro atoms. The number of hydrogen-bond donors (Lipinski definition) is 0. The van der Waals surface area contributed by atoms with E-state index in [0.29, 0.717) is 22.3 Å². The molecule has 0 saturated carbocycles. The highest BCUT2D eigenvalue weighted by Crippen LogP contribution is 2.21. The van der Waals surface area contributed by atoms with Crippen LogP contribution in [0.3, 0.4) is 0 Å². The zero-order chi connectivity index (χ0) is 12.3. The smallest absolute Gasteiger partial charge is 0.178 e. The van der Waals surface area contributed by atoms with Gasteiger partial charge in [0, 0.05) is 5.02 Å². The van der Waals surface area contributed by atoms with Crippen molar-refractivity contribution in [3.8, 4) is 0 Å². The zero-order valence-electron chi connectivity index (χ0n) is 9.83. The molecule has 1 aromatic carbocycles. The molecule has 0 aliphatic carbocycles. The van der Waals surface area contributed by atoms with Crippen molar-refractivity contribution in [2.45, 2.75) is 32.1 Å². The Kier molecular flexibility index (Phi) is 4.39. The highest BCUT2D eigenvalue weighted by Gasteiger charge is 2.15.